The fourth-order valence-corrected chi connectivity index (χ4v) is 4.95. The summed E-state index contributed by atoms with van der Waals surface area (Å²) in [5, 5.41) is 6.44. The minimum atomic E-state index is -0.445. The number of fused-ring (bicyclic) bond motifs is 1. The Morgan fingerprint density at radius 1 is 0.767 bits per heavy atom. The largest absolute Gasteiger partial charge is 0.489 e. The molecule has 1 amide bonds. The minimum absolute atomic E-state index is 0.154. The van der Waals surface area contributed by atoms with Crippen molar-refractivity contribution in [1.82, 2.24) is 9.99 Å². The Hall–Kier alpha value is -5.56. The summed E-state index contributed by atoms with van der Waals surface area (Å²) in [5.74, 6) is 1.71. The predicted molar refractivity (Wildman–Crippen MR) is 168 cm³/mol. The molecule has 6 aromatic rings. The molecule has 1 N–H and O–H groups in total. The molecule has 0 atom stereocenters. The number of carbonyl (C=O) groups is 1. The summed E-state index contributed by atoms with van der Waals surface area (Å²) in [5.41, 5.74) is 7.88. The molecule has 0 aliphatic carbocycles. The molecule has 2 aromatic heterocycles. The SMILES string of the molecule is Cc1ccc(C)n1-c1ccc(OCc2ccc(C(=O)N/N=C/c3ccc(OCc4cccc5ccccc45)cc3)o2)cc1. The molecule has 7 nitrogen and oxygen atoms in total. The van der Waals surface area contributed by atoms with E-state index in [1.807, 2.05) is 66.7 Å². The van der Waals surface area contributed by atoms with Gasteiger partial charge in [0.2, 0.25) is 0 Å². The molecule has 0 aliphatic rings. The summed E-state index contributed by atoms with van der Waals surface area (Å²) in [6, 6.07) is 37.4. The molecule has 43 heavy (non-hydrogen) atoms. The van der Waals surface area contributed by atoms with Gasteiger partial charge in [-0.1, -0.05) is 42.5 Å². The van der Waals surface area contributed by atoms with Gasteiger partial charge in [-0.3, -0.25) is 4.79 Å². The van der Waals surface area contributed by atoms with Crippen molar-refractivity contribution >= 4 is 22.9 Å². The summed E-state index contributed by atoms with van der Waals surface area (Å²) in [6.45, 7) is 4.83. The first kappa shape index (κ1) is 27.6. The van der Waals surface area contributed by atoms with Gasteiger partial charge in [-0.25, -0.2) is 5.43 Å². The van der Waals surface area contributed by atoms with Crippen molar-refractivity contribution in [1.29, 1.82) is 0 Å². The fourth-order valence-electron chi connectivity index (χ4n) is 4.95. The van der Waals surface area contributed by atoms with Gasteiger partial charge in [0.15, 0.2) is 5.76 Å². The van der Waals surface area contributed by atoms with E-state index in [4.69, 9.17) is 13.9 Å². The van der Waals surface area contributed by atoms with Crippen LogP contribution >= 0.6 is 0 Å². The fraction of sp³-hybridized carbons (Fsp3) is 0.111. The Morgan fingerprint density at radius 2 is 1.44 bits per heavy atom. The highest BCUT2D eigenvalue weighted by Crippen LogP contribution is 2.22. The number of nitrogens with zero attached hydrogens (tertiary/aromatic N) is 2. The van der Waals surface area contributed by atoms with Crippen LogP contribution in [0.2, 0.25) is 0 Å². The molecule has 4 aromatic carbocycles. The molecule has 0 spiro atoms. The predicted octanol–water partition coefficient (Wildman–Crippen LogP) is 7.76. The number of furan rings is 1. The number of ether oxygens (including phenoxy) is 2. The molecule has 0 bridgehead atoms. The maximum absolute atomic E-state index is 12.5. The highest BCUT2D eigenvalue weighted by atomic mass is 16.5. The average molecular weight is 570 g/mol. The van der Waals surface area contributed by atoms with Crippen LogP contribution in [-0.2, 0) is 13.2 Å². The molecule has 2 heterocycles. The molecular formula is C36H31N3O4. The van der Waals surface area contributed by atoms with Crippen molar-refractivity contribution in [2.45, 2.75) is 27.1 Å². The Labute approximate surface area is 250 Å². The molecule has 0 aliphatic heterocycles. The third-order valence-corrected chi connectivity index (χ3v) is 7.17. The lowest BCUT2D eigenvalue weighted by Gasteiger charge is -2.10. The number of rotatable bonds is 10. The van der Waals surface area contributed by atoms with E-state index in [9.17, 15) is 4.79 Å². The van der Waals surface area contributed by atoms with E-state index in [0.29, 0.717) is 18.1 Å². The Morgan fingerprint density at radius 3 is 2.21 bits per heavy atom. The second kappa shape index (κ2) is 12.5. The summed E-state index contributed by atoms with van der Waals surface area (Å²) in [6.07, 6.45) is 1.57. The molecule has 0 unspecified atom stereocenters. The molecule has 6 rings (SSSR count). The maximum Gasteiger partial charge on any atom is 0.307 e. The van der Waals surface area contributed by atoms with Crippen molar-refractivity contribution in [2.24, 2.45) is 5.10 Å². The van der Waals surface area contributed by atoms with Crippen LogP contribution in [0, 0.1) is 13.8 Å². The summed E-state index contributed by atoms with van der Waals surface area (Å²) < 4.78 is 19.7. The summed E-state index contributed by atoms with van der Waals surface area (Å²) in [4.78, 5) is 12.5. The van der Waals surface area contributed by atoms with Gasteiger partial charge >= 0.3 is 5.91 Å². The smallest absolute Gasteiger partial charge is 0.307 e. The molecule has 0 saturated carbocycles. The quantitative estimate of drug-likeness (QED) is 0.135. The van der Waals surface area contributed by atoms with Crippen LogP contribution in [0.25, 0.3) is 16.5 Å². The first-order valence-electron chi connectivity index (χ1n) is 14.0. The highest BCUT2D eigenvalue weighted by Gasteiger charge is 2.11. The van der Waals surface area contributed by atoms with Gasteiger partial charge in [-0.05, 0) is 109 Å². The van der Waals surface area contributed by atoms with Gasteiger partial charge < -0.3 is 18.5 Å². The monoisotopic (exact) mass is 569 g/mol. The van der Waals surface area contributed by atoms with Crippen LogP contribution in [0.3, 0.4) is 0 Å². The van der Waals surface area contributed by atoms with Gasteiger partial charge in [0.25, 0.3) is 0 Å². The lowest BCUT2D eigenvalue weighted by Crippen LogP contribution is -2.16. The third kappa shape index (κ3) is 6.52. The van der Waals surface area contributed by atoms with Crippen LogP contribution in [0.15, 0.2) is 125 Å². The van der Waals surface area contributed by atoms with Crippen molar-refractivity contribution in [3.8, 4) is 17.2 Å². The van der Waals surface area contributed by atoms with Crippen LogP contribution in [0.1, 0.15) is 38.8 Å². The average Bonchev–Trinajstić information content (AvgIpc) is 3.65. The van der Waals surface area contributed by atoms with Crippen LogP contribution in [-0.4, -0.2) is 16.7 Å². The van der Waals surface area contributed by atoms with Gasteiger partial charge in [0, 0.05) is 17.1 Å². The van der Waals surface area contributed by atoms with Crippen LogP contribution in [0.5, 0.6) is 11.5 Å². The van der Waals surface area contributed by atoms with Gasteiger partial charge in [-0.15, -0.1) is 0 Å². The summed E-state index contributed by atoms with van der Waals surface area (Å²) >= 11 is 0. The summed E-state index contributed by atoms with van der Waals surface area (Å²) in [7, 11) is 0. The van der Waals surface area contributed by atoms with Gasteiger partial charge in [0.1, 0.15) is 30.5 Å². The van der Waals surface area contributed by atoms with E-state index in [0.717, 1.165) is 22.6 Å². The van der Waals surface area contributed by atoms with Crippen LogP contribution < -0.4 is 14.9 Å². The van der Waals surface area contributed by atoms with E-state index in [1.165, 1.54) is 22.2 Å². The number of hydrogen-bond donors (Lipinski definition) is 1. The first-order valence-corrected chi connectivity index (χ1v) is 14.0. The first-order chi connectivity index (χ1) is 21.0. The molecule has 0 radical (unpaired) electrons. The highest BCUT2D eigenvalue weighted by molar-refractivity contribution is 5.92. The number of nitrogens with one attached hydrogen (secondary N) is 1. The molecule has 0 saturated heterocycles. The lowest BCUT2D eigenvalue weighted by atomic mass is 10.1. The van der Waals surface area contributed by atoms with E-state index < -0.39 is 5.91 Å². The Kier molecular flexibility index (Phi) is 8.04. The molecular weight excluding hydrogens is 538 g/mol. The number of aromatic nitrogens is 1. The zero-order chi connectivity index (χ0) is 29.6. The normalized spacial score (nSPS) is 11.2. The molecule has 0 fully saturated rings. The van der Waals surface area contributed by atoms with Crippen molar-refractivity contribution < 1.29 is 18.7 Å². The standard InChI is InChI=1S/C36H31N3O4/c1-25-10-11-26(2)39(25)30-14-18-32(19-15-30)42-24-33-20-21-35(43-33)36(40)38-37-22-27-12-16-31(17-13-27)41-23-29-8-5-7-28-6-3-4-9-34(28)29/h3-22H,23-24H2,1-2H3,(H,38,40)/b37-22+. The second-order valence-corrected chi connectivity index (χ2v) is 10.2. The van der Waals surface area contributed by atoms with Gasteiger partial charge in [0.05, 0.1) is 6.21 Å². The Bertz CT molecular complexity index is 1860. The minimum Gasteiger partial charge on any atom is -0.489 e. The Balaban J connectivity index is 0.975. The van der Waals surface area contributed by atoms with Crippen LogP contribution in [0.4, 0.5) is 0 Å². The topological polar surface area (TPSA) is 78.0 Å². The zero-order valence-electron chi connectivity index (χ0n) is 24.0. The zero-order valence-corrected chi connectivity index (χ0v) is 24.0. The number of hydrazone groups is 1. The number of benzene rings is 4. The second-order valence-electron chi connectivity index (χ2n) is 10.2. The van der Waals surface area contributed by atoms with Crippen molar-refractivity contribution in [2.75, 3.05) is 0 Å². The van der Waals surface area contributed by atoms with E-state index in [-0.39, 0.29) is 12.4 Å². The maximum atomic E-state index is 12.5. The van der Waals surface area contributed by atoms with Crippen molar-refractivity contribution in [3.05, 3.63) is 149 Å². The molecule has 7 heteroatoms. The van der Waals surface area contributed by atoms with E-state index >= 15 is 0 Å². The van der Waals surface area contributed by atoms with E-state index in [1.54, 1.807) is 18.3 Å². The number of amides is 1. The third-order valence-electron chi connectivity index (χ3n) is 7.17. The number of hydrogen-bond acceptors (Lipinski definition) is 5. The van der Waals surface area contributed by atoms with Crippen molar-refractivity contribution in [3.63, 3.8) is 0 Å². The molecule has 214 valence electrons. The number of carbonyl (C=O) groups excluding carboxylic acids is 1. The van der Waals surface area contributed by atoms with Gasteiger partial charge in [-0.2, -0.15) is 5.10 Å². The van der Waals surface area contributed by atoms with E-state index in [2.05, 4.69) is 65.3 Å². The lowest BCUT2D eigenvalue weighted by molar-refractivity contribution is 0.0923. The number of aryl methyl sites for hydroxylation is 2.